The Bertz CT molecular complexity index is 368. The first kappa shape index (κ1) is 12.5. The summed E-state index contributed by atoms with van der Waals surface area (Å²) in [6.07, 6.45) is 1.42. The molecule has 0 N–H and O–H groups in total. The van der Waals surface area contributed by atoms with Gasteiger partial charge in [-0.3, -0.25) is 4.79 Å². The largest absolute Gasteiger partial charge is 0.420 e. The van der Waals surface area contributed by atoms with Crippen LogP contribution in [0.25, 0.3) is 0 Å². The van der Waals surface area contributed by atoms with Crippen molar-refractivity contribution in [3.63, 3.8) is 0 Å². The van der Waals surface area contributed by atoms with E-state index in [0.29, 0.717) is 18.6 Å². The van der Waals surface area contributed by atoms with Crippen molar-refractivity contribution < 1.29 is 22.7 Å². The zero-order chi connectivity index (χ0) is 12.1. The van der Waals surface area contributed by atoms with Crippen molar-refractivity contribution >= 4 is 5.97 Å². The Morgan fingerprint density at radius 1 is 1.25 bits per heavy atom. The lowest BCUT2D eigenvalue weighted by atomic mass is 10.2. The summed E-state index contributed by atoms with van der Waals surface area (Å²) in [5, 5.41) is 0. The minimum Gasteiger partial charge on any atom is -0.420 e. The molecule has 0 spiro atoms. The SMILES string of the molecule is CCCCC(=O)Oc1c(F)cc(F)cc1F. The maximum atomic E-state index is 13.0. The van der Waals surface area contributed by atoms with Crippen LogP contribution in [-0.4, -0.2) is 5.97 Å². The number of rotatable bonds is 4. The van der Waals surface area contributed by atoms with Gasteiger partial charge in [0.1, 0.15) is 5.82 Å². The number of benzene rings is 1. The Kier molecular flexibility index (Phi) is 4.34. The fourth-order valence-corrected chi connectivity index (χ4v) is 1.11. The maximum Gasteiger partial charge on any atom is 0.311 e. The molecule has 16 heavy (non-hydrogen) atoms. The van der Waals surface area contributed by atoms with Crippen LogP contribution in [0.1, 0.15) is 26.2 Å². The molecule has 5 heteroatoms. The Labute approximate surface area is 91.0 Å². The lowest BCUT2D eigenvalue weighted by molar-refractivity contribution is -0.134. The normalized spacial score (nSPS) is 10.2. The Morgan fingerprint density at radius 2 is 1.81 bits per heavy atom. The summed E-state index contributed by atoms with van der Waals surface area (Å²) in [4.78, 5) is 11.1. The monoisotopic (exact) mass is 232 g/mol. The minimum absolute atomic E-state index is 0.0761. The molecule has 1 aromatic carbocycles. The molecule has 0 bridgehead atoms. The number of carbonyl (C=O) groups is 1. The summed E-state index contributed by atoms with van der Waals surface area (Å²) in [6, 6.07) is 0.928. The van der Waals surface area contributed by atoms with Crippen LogP contribution in [0.4, 0.5) is 13.2 Å². The molecule has 0 aliphatic carbocycles. The van der Waals surface area contributed by atoms with E-state index in [2.05, 4.69) is 4.74 Å². The standard InChI is InChI=1S/C11H11F3O2/c1-2-3-4-10(15)16-11-8(13)5-7(12)6-9(11)14/h5-6H,2-4H2,1H3. The minimum atomic E-state index is -1.22. The quantitative estimate of drug-likeness (QED) is 0.588. The van der Waals surface area contributed by atoms with Crippen LogP contribution in [0.15, 0.2) is 12.1 Å². The van der Waals surface area contributed by atoms with Crippen LogP contribution in [0.5, 0.6) is 5.75 Å². The van der Waals surface area contributed by atoms with Crippen molar-refractivity contribution in [1.29, 1.82) is 0 Å². The predicted molar refractivity (Wildman–Crippen MR) is 51.5 cm³/mol. The van der Waals surface area contributed by atoms with Gasteiger partial charge in [0.25, 0.3) is 0 Å². The summed E-state index contributed by atoms with van der Waals surface area (Å²) < 4.78 is 43.1. The van der Waals surface area contributed by atoms with Crippen molar-refractivity contribution in [3.05, 3.63) is 29.6 Å². The van der Waals surface area contributed by atoms with Crippen LogP contribution < -0.4 is 4.74 Å². The van der Waals surface area contributed by atoms with Gasteiger partial charge < -0.3 is 4.74 Å². The third kappa shape index (κ3) is 3.25. The Morgan fingerprint density at radius 3 is 2.31 bits per heavy atom. The number of carbonyl (C=O) groups excluding carboxylic acids is 1. The van der Waals surface area contributed by atoms with Crippen molar-refractivity contribution in [2.24, 2.45) is 0 Å². The molecule has 0 saturated heterocycles. The molecule has 88 valence electrons. The van der Waals surface area contributed by atoms with E-state index in [4.69, 9.17) is 0 Å². The molecule has 0 fully saturated rings. The average Bonchev–Trinajstić information content (AvgIpc) is 2.20. The second-order valence-electron chi connectivity index (χ2n) is 3.28. The van der Waals surface area contributed by atoms with Gasteiger partial charge in [0.2, 0.25) is 5.75 Å². The molecule has 2 nitrogen and oxygen atoms in total. The van der Waals surface area contributed by atoms with Gasteiger partial charge in [-0.05, 0) is 6.42 Å². The molecule has 0 unspecified atom stereocenters. The summed E-state index contributed by atoms with van der Waals surface area (Å²) in [5.41, 5.74) is 0. The van der Waals surface area contributed by atoms with Crippen molar-refractivity contribution in [2.45, 2.75) is 26.2 Å². The van der Waals surface area contributed by atoms with Crippen molar-refractivity contribution in [2.75, 3.05) is 0 Å². The highest BCUT2D eigenvalue weighted by atomic mass is 19.1. The van der Waals surface area contributed by atoms with Gasteiger partial charge in [0, 0.05) is 18.6 Å². The summed E-state index contributed by atoms with van der Waals surface area (Å²) in [5.74, 6) is -5.07. The van der Waals surface area contributed by atoms with Gasteiger partial charge in [0.05, 0.1) is 0 Å². The van der Waals surface area contributed by atoms with Crippen molar-refractivity contribution in [3.8, 4) is 5.75 Å². The van der Waals surface area contributed by atoms with E-state index in [1.54, 1.807) is 0 Å². The number of ether oxygens (including phenoxy) is 1. The Balaban J connectivity index is 2.77. The van der Waals surface area contributed by atoms with Gasteiger partial charge >= 0.3 is 5.97 Å². The summed E-state index contributed by atoms with van der Waals surface area (Å²) in [6.45, 7) is 1.87. The number of esters is 1. The molecule has 0 heterocycles. The molecule has 0 saturated carbocycles. The fourth-order valence-electron chi connectivity index (χ4n) is 1.11. The molecule has 0 aliphatic rings. The second kappa shape index (κ2) is 5.53. The van der Waals surface area contributed by atoms with Crippen LogP contribution in [0, 0.1) is 17.5 Å². The van der Waals surface area contributed by atoms with Crippen molar-refractivity contribution in [1.82, 2.24) is 0 Å². The highest BCUT2D eigenvalue weighted by molar-refractivity contribution is 5.72. The molecular formula is C11H11F3O2. The molecule has 1 aromatic rings. The van der Waals surface area contributed by atoms with Crippen LogP contribution in [0.2, 0.25) is 0 Å². The van der Waals surface area contributed by atoms with E-state index in [9.17, 15) is 18.0 Å². The summed E-state index contributed by atoms with van der Waals surface area (Å²) in [7, 11) is 0. The molecule has 0 aliphatic heterocycles. The highest BCUT2D eigenvalue weighted by Crippen LogP contribution is 2.23. The molecule has 0 aromatic heterocycles. The van der Waals surface area contributed by atoms with E-state index in [0.717, 1.165) is 6.42 Å². The third-order valence-electron chi connectivity index (χ3n) is 1.91. The van der Waals surface area contributed by atoms with E-state index in [1.807, 2.05) is 6.92 Å². The van der Waals surface area contributed by atoms with E-state index in [-0.39, 0.29) is 6.42 Å². The molecular weight excluding hydrogens is 221 g/mol. The van der Waals surface area contributed by atoms with Crippen LogP contribution >= 0.6 is 0 Å². The maximum absolute atomic E-state index is 13.0. The number of hydrogen-bond donors (Lipinski definition) is 0. The first-order chi connectivity index (χ1) is 7.54. The topological polar surface area (TPSA) is 26.3 Å². The van der Waals surface area contributed by atoms with E-state index >= 15 is 0 Å². The predicted octanol–water partition coefficient (Wildman–Crippen LogP) is 3.20. The lowest BCUT2D eigenvalue weighted by Gasteiger charge is -2.06. The first-order valence-corrected chi connectivity index (χ1v) is 4.89. The van der Waals surface area contributed by atoms with Crippen LogP contribution in [0.3, 0.4) is 0 Å². The molecule has 0 atom stereocenters. The molecule has 0 radical (unpaired) electrons. The first-order valence-electron chi connectivity index (χ1n) is 4.89. The average molecular weight is 232 g/mol. The fraction of sp³-hybridized carbons (Fsp3) is 0.364. The van der Waals surface area contributed by atoms with Gasteiger partial charge in [-0.25, -0.2) is 13.2 Å². The summed E-state index contributed by atoms with van der Waals surface area (Å²) >= 11 is 0. The third-order valence-corrected chi connectivity index (χ3v) is 1.91. The number of hydrogen-bond acceptors (Lipinski definition) is 2. The smallest absolute Gasteiger partial charge is 0.311 e. The molecule has 1 rings (SSSR count). The van der Waals surface area contributed by atoms with Crippen LogP contribution in [-0.2, 0) is 4.79 Å². The second-order valence-corrected chi connectivity index (χ2v) is 3.28. The van der Waals surface area contributed by atoms with Gasteiger partial charge in [-0.15, -0.1) is 0 Å². The van der Waals surface area contributed by atoms with E-state index < -0.39 is 29.2 Å². The highest BCUT2D eigenvalue weighted by Gasteiger charge is 2.16. The number of halogens is 3. The van der Waals surface area contributed by atoms with Gasteiger partial charge in [-0.2, -0.15) is 0 Å². The van der Waals surface area contributed by atoms with Gasteiger partial charge in [0.15, 0.2) is 11.6 Å². The van der Waals surface area contributed by atoms with E-state index in [1.165, 1.54) is 0 Å². The lowest BCUT2D eigenvalue weighted by Crippen LogP contribution is -2.10. The van der Waals surface area contributed by atoms with Gasteiger partial charge in [-0.1, -0.05) is 13.3 Å². The zero-order valence-electron chi connectivity index (χ0n) is 8.73. The number of unbranched alkanes of at least 4 members (excludes halogenated alkanes) is 1. The Hall–Kier alpha value is -1.52. The zero-order valence-corrected chi connectivity index (χ0v) is 8.73. The molecule has 0 amide bonds.